The summed E-state index contributed by atoms with van der Waals surface area (Å²) in [4.78, 5) is 7.09. The van der Waals surface area contributed by atoms with Crippen LogP contribution in [-0.2, 0) is 5.75 Å². The van der Waals surface area contributed by atoms with Crippen LogP contribution in [0.2, 0.25) is 0 Å². The van der Waals surface area contributed by atoms with Gasteiger partial charge in [-0.05, 0) is 19.2 Å². The first-order valence-corrected chi connectivity index (χ1v) is 6.67. The smallest absolute Gasteiger partial charge is 0.134 e. The molecule has 0 amide bonds. The molecule has 0 unspecified atom stereocenters. The van der Waals surface area contributed by atoms with Gasteiger partial charge in [-0.3, -0.25) is 0 Å². The Balaban J connectivity index is 2.43. The van der Waals surface area contributed by atoms with Gasteiger partial charge in [0.25, 0.3) is 0 Å². The van der Waals surface area contributed by atoms with Crippen molar-refractivity contribution in [1.82, 2.24) is 4.98 Å². The quantitative estimate of drug-likeness (QED) is 0.760. The Labute approximate surface area is 83.8 Å². The van der Waals surface area contributed by atoms with Crippen molar-refractivity contribution in [2.75, 3.05) is 6.26 Å². The van der Waals surface area contributed by atoms with Gasteiger partial charge in [-0.25, -0.2) is 4.98 Å². The first-order chi connectivity index (χ1) is 5.79. The minimum atomic E-state index is 1.12. The van der Waals surface area contributed by atoms with E-state index in [-0.39, 0.29) is 0 Å². The Kier molecular flexibility index (Phi) is 2.39. The van der Waals surface area contributed by atoms with Crippen molar-refractivity contribution >= 4 is 44.0 Å². The fourth-order valence-corrected chi connectivity index (χ4v) is 4.00. The Hall–Kier alpha value is -0.0600. The number of thiophene rings is 1. The number of thioether (sulfide) groups is 1. The molecule has 0 aliphatic carbocycles. The topological polar surface area (TPSA) is 12.9 Å². The molecule has 0 radical (unpaired) electrons. The van der Waals surface area contributed by atoms with Crippen molar-refractivity contribution < 1.29 is 0 Å². The second kappa shape index (κ2) is 3.36. The van der Waals surface area contributed by atoms with E-state index in [2.05, 4.69) is 24.2 Å². The summed E-state index contributed by atoms with van der Waals surface area (Å²) in [7, 11) is 0. The van der Waals surface area contributed by atoms with E-state index in [1.54, 1.807) is 11.3 Å². The highest BCUT2D eigenvalue weighted by atomic mass is 32.2. The van der Waals surface area contributed by atoms with E-state index in [0.29, 0.717) is 0 Å². The van der Waals surface area contributed by atoms with Gasteiger partial charge in [-0.2, -0.15) is 11.8 Å². The van der Waals surface area contributed by atoms with Crippen LogP contribution < -0.4 is 0 Å². The Morgan fingerprint density at radius 2 is 2.33 bits per heavy atom. The number of hydrogen-bond donors (Lipinski definition) is 0. The Morgan fingerprint density at radius 1 is 1.50 bits per heavy atom. The maximum Gasteiger partial charge on any atom is 0.134 e. The Morgan fingerprint density at radius 3 is 3.00 bits per heavy atom. The number of aryl methyl sites for hydroxylation is 1. The highest BCUT2D eigenvalue weighted by Crippen LogP contribution is 2.31. The largest absolute Gasteiger partial charge is 0.231 e. The monoisotopic (exact) mass is 215 g/mol. The molecule has 0 saturated heterocycles. The molecule has 4 heteroatoms. The van der Waals surface area contributed by atoms with Crippen molar-refractivity contribution in [2.24, 2.45) is 0 Å². The lowest BCUT2D eigenvalue weighted by Crippen LogP contribution is -1.67. The molecular formula is C8H9NS3. The van der Waals surface area contributed by atoms with Gasteiger partial charge in [0.2, 0.25) is 0 Å². The fourth-order valence-electron chi connectivity index (χ4n) is 1.10. The van der Waals surface area contributed by atoms with E-state index < -0.39 is 0 Å². The van der Waals surface area contributed by atoms with Gasteiger partial charge in [-0.1, -0.05) is 0 Å². The van der Waals surface area contributed by atoms with Crippen LogP contribution >= 0.6 is 34.4 Å². The minimum Gasteiger partial charge on any atom is -0.231 e. The predicted octanol–water partition coefficient (Wildman–Crippen LogP) is 3.53. The average molecular weight is 215 g/mol. The standard InChI is InChI=1S/C8H9NS3/c1-5-9-8-7(11-5)3-6(12-8)4-10-2/h3H,4H2,1-2H3. The highest BCUT2D eigenvalue weighted by molar-refractivity contribution is 7.97. The molecule has 0 saturated carbocycles. The summed E-state index contributed by atoms with van der Waals surface area (Å²) < 4.78 is 1.35. The minimum absolute atomic E-state index is 1.12. The molecule has 2 aromatic rings. The van der Waals surface area contributed by atoms with Crippen LogP contribution in [0, 0.1) is 6.92 Å². The lowest BCUT2D eigenvalue weighted by atomic mass is 10.5. The van der Waals surface area contributed by atoms with Gasteiger partial charge < -0.3 is 0 Å². The van der Waals surface area contributed by atoms with Gasteiger partial charge in [-0.15, -0.1) is 22.7 Å². The molecule has 0 aliphatic heterocycles. The van der Waals surface area contributed by atoms with Gasteiger partial charge in [0.1, 0.15) is 4.83 Å². The SMILES string of the molecule is CSCc1cc2sc(C)nc2s1. The zero-order chi connectivity index (χ0) is 8.55. The maximum absolute atomic E-state index is 4.44. The second-order valence-electron chi connectivity index (χ2n) is 2.55. The molecule has 12 heavy (non-hydrogen) atoms. The number of thiazole rings is 1. The van der Waals surface area contributed by atoms with E-state index in [0.717, 1.165) is 5.75 Å². The van der Waals surface area contributed by atoms with Crippen molar-refractivity contribution in [2.45, 2.75) is 12.7 Å². The third-order valence-corrected chi connectivity index (χ3v) is 4.39. The second-order valence-corrected chi connectivity index (χ2v) is 5.76. The number of nitrogens with zero attached hydrogens (tertiary/aromatic N) is 1. The first kappa shape index (κ1) is 8.53. The Bertz CT molecular complexity index is 356. The molecule has 2 rings (SSSR count). The van der Waals surface area contributed by atoms with Gasteiger partial charge in [0, 0.05) is 10.6 Å². The van der Waals surface area contributed by atoms with Gasteiger partial charge >= 0.3 is 0 Å². The molecule has 64 valence electrons. The van der Waals surface area contributed by atoms with Crippen LogP contribution in [0.5, 0.6) is 0 Å². The lowest BCUT2D eigenvalue weighted by Gasteiger charge is -1.87. The van der Waals surface area contributed by atoms with E-state index in [9.17, 15) is 0 Å². The molecule has 0 fully saturated rings. The van der Waals surface area contributed by atoms with E-state index in [1.165, 1.54) is 19.4 Å². The van der Waals surface area contributed by atoms with Crippen LogP contribution in [0.4, 0.5) is 0 Å². The summed E-state index contributed by atoms with van der Waals surface area (Å²) in [6.45, 7) is 2.06. The molecule has 0 atom stereocenters. The summed E-state index contributed by atoms with van der Waals surface area (Å²) in [5.74, 6) is 1.12. The number of rotatable bonds is 2. The normalized spacial score (nSPS) is 11.2. The molecule has 0 aromatic carbocycles. The fraction of sp³-hybridized carbons (Fsp3) is 0.375. The molecule has 2 heterocycles. The molecular weight excluding hydrogens is 206 g/mol. The first-order valence-electron chi connectivity index (χ1n) is 3.64. The van der Waals surface area contributed by atoms with Crippen LogP contribution in [0.3, 0.4) is 0 Å². The van der Waals surface area contributed by atoms with Crippen molar-refractivity contribution in [3.05, 3.63) is 16.0 Å². The van der Waals surface area contributed by atoms with Crippen molar-refractivity contribution in [1.29, 1.82) is 0 Å². The molecule has 1 nitrogen and oxygen atoms in total. The lowest BCUT2D eigenvalue weighted by molar-refractivity contribution is 1.36. The molecule has 0 aliphatic rings. The number of aromatic nitrogens is 1. The maximum atomic E-state index is 4.44. The van der Waals surface area contributed by atoms with Gasteiger partial charge in [0.05, 0.1) is 9.71 Å². The highest BCUT2D eigenvalue weighted by Gasteiger charge is 2.04. The summed E-state index contributed by atoms with van der Waals surface area (Å²) in [5.41, 5.74) is 0. The molecule has 0 spiro atoms. The molecule has 0 bridgehead atoms. The number of hydrogen-bond acceptors (Lipinski definition) is 4. The van der Waals surface area contributed by atoms with Crippen LogP contribution in [-0.4, -0.2) is 11.2 Å². The summed E-state index contributed by atoms with van der Waals surface area (Å²) in [5, 5.41) is 1.17. The predicted molar refractivity (Wildman–Crippen MR) is 59.5 cm³/mol. The number of fused-ring (bicyclic) bond motifs is 1. The van der Waals surface area contributed by atoms with E-state index in [4.69, 9.17) is 0 Å². The zero-order valence-corrected chi connectivity index (χ0v) is 9.41. The third-order valence-electron chi connectivity index (χ3n) is 1.53. The molecule has 0 N–H and O–H groups in total. The van der Waals surface area contributed by atoms with Crippen LogP contribution in [0.25, 0.3) is 9.53 Å². The third kappa shape index (κ3) is 1.51. The van der Waals surface area contributed by atoms with E-state index >= 15 is 0 Å². The zero-order valence-electron chi connectivity index (χ0n) is 6.96. The van der Waals surface area contributed by atoms with Gasteiger partial charge in [0.15, 0.2) is 0 Å². The summed E-state index contributed by atoms with van der Waals surface area (Å²) >= 11 is 5.47. The van der Waals surface area contributed by atoms with Crippen LogP contribution in [0.15, 0.2) is 6.07 Å². The molecule has 2 aromatic heterocycles. The van der Waals surface area contributed by atoms with E-state index in [1.807, 2.05) is 23.1 Å². The average Bonchev–Trinajstić information content (AvgIpc) is 2.44. The van der Waals surface area contributed by atoms with Crippen molar-refractivity contribution in [3.8, 4) is 0 Å². The summed E-state index contributed by atoms with van der Waals surface area (Å²) in [6, 6.07) is 2.27. The summed E-state index contributed by atoms with van der Waals surface area (Å²) in [6.07, 6.45) is 2.13. The van der Waals surface area contributed by atoms with Crippen molar-refractivity contribution in [3.63, 3.8) is 0 Å². The van der Waals surface area contributed by atoms with Crippen LogP contribution in [0.1, 0.15) is 9.88 Å².